The van der Waals surface area contributed by atoms with Gasteiger partial charge < -0.3 is 9.42 Å². The van der Waals surface area contributed by atoms with Crippen molar-refractivity contribution in [1.82, 2.24) is 15.0 Å². The van der Waals surface area contributed by atoms with E-state index in [1.807, 2.05) is 6.07 Å². The van der Waals surface area contributed by atoms with Crippen molar-refractivity contribution in [3.05, 3.63) is 53.4 Å². The van der Waals surface area contributed by atoms with E-state index in [4.69, 9.17) is 4.52 Å². The van der Waals surface area contributed by atoms with E-state index in [1.165, 1.54) is 6.07 Å². The maximum absolute atomic E-state index is 13.1. The van der Waals surface area contributed by atoms with Crippen molar-refractivity contribution in [1.29, 1.82) is 0 Å². The predicted molar refractivity (Wildman–Crippen MR) is 83.4 cm³/mol. The molecular formula is C17H20F3N3O. The molecule has 0 N–H and O–H groups in total. The molecule has 130 valence electrons. The standard InChI is InChI=1S/C17H20F3N3O/c18-17(19,20)16-4-2-1-3-14(16)13-23-10-8-22(9-11-23)7-5-15-6-12-24-21-15/h1-4,6,12H,5,7-11,13H2. The number of piperazine rings is 1. The van der Waals surface area contributed by atoms with Crippen molar-refractivity contribution in [2.75, 3.05) is 32.7 Å². The molecule has 2 aromatic rings. The Labute approximate surface area is 138 Å². The summed E-state index contributed by atoms with van der Waals surface area (Å²) in [5, 5.41) is 3.89. The van der Waals surface area contributed by atoms with Gasteiger partial charge in [-0.3, -0.25) is 4.90 Å². The highest BCUT2D eigenvalue weighted by Crippen LogP contribution is 2.32. The van der Waals surface area contributed by atoms with E-state index in [0.717, 1.165) is 50.9 Å². The minimum Gasteiger partial charge on any atom is -0.365 e. The van der Waals surface area contributed by atoms with Crippen LogP contribution in [0.4, 0.5) is 13.2 Å². The fourth-order valence-corrected chi connectivity index (χ4v) is 2.99. The molecule has 4 nitrogen and oxygen atoms in total. The van der Waals surface area contributed by atoms with E-state index >= 15 is 0 Å². The van der Waals surface area contributed by atoms with Crippen LogP contribution in [0, 0.1) is 0 Å². The summed E-state index contributed by atoms with van der Waals surface area (Å²) in [7, 11) is 0. The average molecular weight is 339 g/mol. The molecule has 1 aliphatic heterocycles. The van der Waals surface area contributed by atoms with Crippen LogP contribution >= 0.6 is 0 Å². The van der Waals surface area contributed by atoms with E-state index in [0.29, 0.717) is 12.1 Å². The monoisotopic (exact) mass is 339 g/mol. The van der Waals surface area contributed by atoms with E-state index in [1.54, 1.807) is 18.4 Å². The summed E-state index contributed by atoms with van der Waals surface area (Å²) in [6, 6.07) is 7.68. The summed E-state index contributed by atoms with van der Waals surface area (Å²) in [6.45, 7) is 4.47. The van der Waals surface area contributed by atoms with Crippen molar-refractivity contribution < 1.29 is 17.7 Å². The fraction of sp³-hybridized carbons (Fsp3) is 0.471. The van der Waals surface area contributed by atoms with Gasteiger partial charge in [-0.25, -0.2) is 0 Å². The quantitative estimate of drug-likeness (QED) is 0.838. The zero-order chi connectivity index (χ0) is 17.0. The van der Waals surface area contributed by atoms with Crippen molar-refractivity contribution >= 4 is 0 Å². The number of alkyl halides is 3. The van der Waals surface area contributed by atoms with Crippen LogP contribution in [0.15, 0.2) is 41.1 Å². The molecular weight excluding hydrogens is 319 g/mol. The van der Waals surface area contributed by atoms with Crippen LogP contribution in [0.2, 0.25) is 0 Å². The first-order valence-electron chi connectivity index (χ1n) is 8.01. The lowest BCUT2D eigenvalue weighted by Crippen LogP contribution is -2.46. The Bertz CT molecular complexity index is 635. The molecule has 7 heteroatoms. The molecule has 1 saturated heterocycles. The van der Waals surface area contributed by atoms with E-state index in [2.05, 4.69) is 15.0 Å². The van der Waals surface area contributed by atoms with Gasteiger partial charge in [0.15, 0.2) is 0 Å². The number of aromatic nitrogens is 1. The van der Waals surface area contributed by atoms with Gasteiger partial charge in [-0.05, 0) is 11.6 Å². The Kier molecular flexibility index (Phi) is 5.20. The summed E-state index contributed by atoms with van der Waals surface area (Å²) >= 11 is 0. The number of hydrogen-bond donors (Lipinski definition) is 0. The summed E-state index contributed by atoms with van der Waals surface area (Å²) in [5.41, 5.74) is 0.746. The Morgan fingerprint density at radius 3 is 2.38 bits per heavy atom. The van der Waals surface area contributed by atoms with Gasteiger partial charge in [-0.2, -0.15) is 13.2 Å². The highest BCUT2D eigenvalue weighted by atomic mass is 19.4. The molecule has 0 atom stereocenters. The van der Waals surface area contributed by atoms with Crippen molar-refractivity contribution in [2.45, 2.75) is 19.1 Å². The second-order valence-electron chi connectivity index (χ2n) is 6.01. The van der Waals surface area contributed by atoms with Crippen LogP contribution < -0.4 is 0 Å². The van der Waals surface area contributed by atoms with Crippen LogP contribution in [0.25, 0.3) is 0 Å². The number of halogens is 3. The second kappa shape index (κ2) is 7.36. The highest BCUT2D eigenvalue weighted by molar-refractivity contribution is 5.29. The summed E-state index contributed by atoms with van der Waals surface area (Å²) in [5.74, 6) is 0. The molecule has 0 unspecified atom stereocenters. The van der Waals surface area contributed by atoms with Crippen LogP contribution in [0.5, 0.6) is 0 Å². The van der Waals surface area contributed by atoms with Crippen LogP contribution in [0.1, 0.15) is 16.8 Å². The molecule has 0 bridgehead atoms. The number of nitrogens with zero attached hydrogens (tertiary/aromatic N) is 3. The van der Waals surface area contributed by atoms with Gasteiger partial charge in [0.05, 0.1) is 11.3 Å². The lowest BCUT2D eigenvalue weighted by molar-refractivity contribution is -0.138. The zero-order valence-electron chi connectivity index (χ0n) is 13.3. The predicted octanol–water partition coefficient (Wildman–Crippen LogP) is 3.05. The minimum atomic E-state index is -4.30. The SMILES string of the molecule is FC(F)(F)c1ccccc1CN1CCN(CCc2ccon2)CC1. The third-order valence-corrected chi connectivity index (χ3v) is 4.36. The molecule has 3 rings (SSSR count). The van der Waals surface area contributed by atoms with Crippen molar-refractivity contribution in [2.24, 2.45) is 0 Å². The molecule has 0 aliphatic carbocycles. The van der Waals surface area contributed by atoms with Gasteiger partial charge in [0.2, 0.25) is 0 Å². The summed E-state index contributed by atoms with van der Waals surface area (Å²) < 4.78 is 44.0. The van der Waals surface area contributed by atoms with E-state index in [-0.39, 0.29) is 0 Å². The minimum absolute atomic E-state index is 0.340. The Hall–Kier alpha value is -1.86. The number of hydrogen-bond acceptors (Lipinski definition) is 4. The largest absolute Gasteiger partial charge is 0.416 e. The van der Waals surface area contributed by atoms with Gasteiger partial charge in [-0.1, -0.05) is 23.4 Å². The van der Waals surface area contributed by atoms with E-state index in [9.17, 15) is 13.2 Å². The first-order valence-corrected chi connectivity index (χ1v) is 8.01. The highest BCUT2D eigenvalue weighted by Gasteiger charge is 2.33. The Morgan fingerprint density at radius 1 is 1.00 bits per heavy atom. The molecule has 1 aliphatic rings. The maximum Gasteiger partial charge on any atom is 0.416 e. The second-order valence-corrected chi connectivity index (χ2v) is 6.01. The van der Waals surface area contributed by atoms with Crippen LogP contribution in [-0.4, -0.2) is 47.7 Å². The fourth-order valence-electron chi connectivity index (χ4n) is 2.99. The Balaban J connectivity index is 1.51. The van der Waals surface area contributed by atoms with Crippen molar-refractivity contribution in [3.8, 4) is 0 Å². The molecule has 0 amide bonds. The summed E-state index contributed by atoms with van der Waals surface area (Å²) in [4.78, 5) is 4.39. The van der Waals surface area contributed by atoms with Gasteiger partial charge in [0, 0.05) is 51.8 Å². The molecule has 1 aromatic heterocycles. The molecule has 0 saturated carbocycles. The van der Waals surface area contributed by atoms with Crippen LogP contribution in [-0.2, 0) is 19.1 Å². The third-order valence-electron chi connectivity index (χ3n) is 4.36. The number of benzene rings is 1. The van der Waals surface area contributed by atoms with Gasteiger partial charge in [-0.15, -0.1) is 0 Å². The van der Waals surface area contributed by atoms with Gasteiger partial charge >= 0.3 is 6.18 Å². The maximum atomic E-state index is 13.1. The topological polar surface area (TPSA) is 32.5 Å². The molecule has 24 heavy (non-hydrogen) atoms. The average Bonchev–Trinajstić information content (AvgIpc) is 3.07. The first-order chi connectivity index (χ1) is 11.5. The zero-order valence-corrected chi connectivity index (χ0v) is 13.3. The lowest BCUT2D eigenvalue weighted by atomic mass is 10.1. The van der Waals surface area contributed by atoms with E-state index < -0.39 is 11.7 Å². The molecule has 1 fully saturated rings. The molecule has 2 heterocycles. The van der Waals surface area contributed by atoms with Crippen LogP contribution in [0.3, 0.4) is 0 Å². The smallest absolute Gasteiger partial charge is 0.365 e. The van der Waals surface area contributed by atoms with Crippen molar-refractivity contribution in [3.63, 3.8) is 0 Å². The van der Waals surface area contributed by atoms with Gasteiger partial charge in [0.25, 0.3) is 0 Å². The third kappa shape index (κ3) is 4.36. The Morgan fingerprint density at radius 2 is 1.71 bits per heavy atom. The first kappa shape index (κ1) is 17.0. The molecule has 0 spiro atoms. The summed E-state index contributed by atoms with van der Waals surface area (Å²) in [6.07, 6.45) is -1.91. The lowest BCUT2D eigenvalue weighted by Gasteiger charge is -2.35. The number of rotatable bonds is 5. The molecule has 0 radical (unpaired) electrons. The normalized spacial score (nSPS) is 17.3. The molecule has 1 aromatic carbocycles. The van der Waals surface area contributed by atoms with Gasteiger partial charge in [0.1, 0.15) is 6.26 Å².